The van der Waals surface area contributed by atoms with Crippen LogP contribution in [0.3, 0.4) is 0 Å². The van der Waals surface area contributed by atoms with Gasteiger partial charge in [0.1, 0.15) is 5.82 Å². The maximum Gasteiger partial charge on any atom is 0.223 e. The molecule has 1 aromatic rings. The van der Waals surface area contributed by atoms with Gasteiger partial charge in [0.25, 0.3) is 0 Å². The van der Waals surface area contributed by atoms with E-state index in [9.17, 15) is 9.18 Å². The zero-order valence-electron chi connectivity index (χ0n) is 11.9. The number of hydrogen-bond donors (Lipinski definition) is 2. The summed E-state index contributed by atoms with van der Waals surface area (Å²) in [5.41, 5.74) is 5.80. The number of thioether (sulfide) groups is 1. The molecule has 1 amide bonds. The first-order chi connectivity index (χ1) is 9.65. The van der Waals surface area contributed by atoms with E-state index in [4.69, 9.17) is 5.73 Å². The maximum absolute atomic E-state index is 12.7. The van der Waals surface area contributed by atoms with E-state index in [1.54, 1.807) is 23.9 Å². The van der Waals surface area contributed by atoms with Gasteiger partial charge in [0.2, 0.25) is 5.91 Å². The fraction of sp³-hybridized carbons (Fsp3) is 0.533. The normalized spacial score (nSPS) is 20.9. The van der Waals surface area contributed by atoms with Crippen molar-refractivity contribution in [2.75, 3.05) is 12.3 Å². The monoisotopic (exact) mass is 332 g/mol. The van der Waals surface area contributed by atoms with Crippen molar-refractivity contribution in [1.29, 1.82) is 0 Å². The molecule has 0 aliphatic heterocycles. The Morgan fingerprint density at radius 3 is 2.67 bits per heavy atom. The average molecular weight is 333 g/mol. The second-order valence-corrected chi connectivity index (χ2v) is 6.39. The maximum atomic E-state index is 12.7. The molecule has 0 aromatic heterocycles. The first-order valence-electron chi connectivity index (χ1n) is 7.07. The highest BCUT2D eigenvalue weighted by atomic mass is 35.5. The molecule has 0 radical (unpaired) electrons. The van der Waals surface area contributed by atoms with Crippen LogP contribution in [-0.4, -0.2) is 24.2 Å². The van der Waals surface area contributed by atoms with E-state index in [0.29, 0.717) is 6.54 Å². The highest BCUT2D eigenvalue weighted by molar-refractivity contribution is 7.99. The molecule has 2 atom stereocenters. The van der Waals surface area contributed by atoms with Crippen LogP contribution in [-0.2, 0) is 4.79 Å². The third-order valence-corrected chi connectivity index (χ3v) is 4.64. The Kier molecular flexibility index (Phi) is 8.07. The highest BCUT2D eigenvalue weighted by Gasteiger charge is 2.27. The van der Waals surface area contributed by atoms with Crippen molar-refractivity contribution >= 4 is 30.1 Å². The van der Waals surface area contributed by atoms with Gasteiger partial charge in [-0.15, -0.1) is 24.2 Å². The van der Waals surface area contributed by atoms with Crippen LogP contribution in [0.1, 0.15) is 25.7 Å². The van der Waals surface area contributed by atoms with Crippen molar-refractivity contribution in [3.63, 3.8) is 0 Å². The lowest BCUT2D eigenvalue weighted by atomic mass is 10.1. The molecule has 0 spiro atoms. The molecule has 1 fully saturated rings. The first-order valence-corrected chi connectivity index (χ1v) is 8.05. The summed E-state index contributed by atoms with van der Waals surface area (Å²) >= 11 is 1.68. The minimum absolute atomic E-state index is 0. The molecule has 1 aliphatic rings. The lowest BCUT2D eigenvalue weighted by Gasteiger charge is -2.10. The van der Waals surface area contributed by atoms with Crippen molar-refractivity contribution < 1.29 is 9.18 Å². The molecule has 1 saturated carbocycles. The number of benzene rings is 1. The number of amides is 1. The number of nitrogens with two attached hydrogens (primary N) is 1. The molecule has 0 heterocycles. The Hall–Kier alpha value is -0.780. The summed E-state index contributed by atoms with van der Waals surface area (Å²) in [5.74, 6) is 0.951. The zero-order valence-corrected chi connectivity index (χ0v) is 13.5. The van der Waals surface area contributed by atoms with E-state index < -0.39 is 0 Å². The van der Waals surface area contributed by atoms with Gasteiger partial charge in [-0.3, -0.25) is 4.79 Å². The minimum Gasteiger partial charge on any atom is -0.356 e. The van der Waals surface area contributed by atoms with E-state index in [-0.39, 0.29) is 36.1 Å². The van der Waals surface area contributed by atoms with Crippen molar-refractivity contribution in [3.8, 4) is 0 Å². The average Bonchev–Trinajstić information content (AvgIpc) is 2.87. The number of hydrogen-bond acceptors (Lipinski definition) is 3. The smallest absolute Gasteiger partial charge is 0.223 e. The molecule has 2 rings (SSSR count). The van der Waals surface area contributed by atoms with Crippen LogP contribution >= 0.6 is 24.2 Å². The van der Waals surface area contributed by atoms with Gasteiger partial charge in [-0.1, -0.05) is 0 Å². The summed E-state index contributed by atoms with van der Waals surface area (Å²) in [4.78, 5) is 12.9. The van der Waals surface area contributed by atoms with Crippen molar-refractivity contribution in [2.45, 2.75) is 36.6 Å². The molecule has 0 saturated heterocycles. The van der Waals surface area contributed by atoms with Gasteiger partial charge in [-0.05, 0) is 55.7 Å². The number of carbonyl (C=O) groups is 1. The topological polar surface area (TPSA) is 55.1 Å². The molecule has 6 heteroatoms. The van der Waals surface area contributed by atoms with Crippen molar-refractivity contribution in [1.82, 2.24) is 5.32 Å². The molecule has 0 bridgehead atoms. The fourth-order valence-electron chi connectivity index (χ4n) is 2.40. The Morgan fingerprint density at radius 2 is 2.05 bits per heavy atom. The summed E-state index contributed by atoms with van der Waals surface area (Å²) in [6.07, 6.45) is 3.60. The van der Waals surface area contributed by atoms with Gasteiger partial charge >= 0.3 is 0 Å². The lowest BCUT2D eigenvalue weighted by Crippen LogP contribution is -2.31. The molecule has 3 N–H and O–H groups in total. The van der Waals surface area contributed by atoms with Gasteiger partial charge in [0.05, 0.1) is 0 Å². The summed E-state index contributed by atoms with van der Waals surface area (Å²) < 4.78 is 12.7. The number of nitrogens with one attached hydrogen (secondary N) is 1. The molecule has 3 nitrogen and oxygen atoms in total. The van der Waals surface area contributed by atoms with Crippen molar-refractivity contribution in [3.05, 3.63) is 30.1 Å². The molecular formula is C15H22ClFN2OS. The number of carbonyl (C=O) groups excluding carboxylic acids is 1. The van der Waals surface area contributed by atoms with Crippen LogP contribution in [0, 0.1) is 11.7 Å². The number of rotatable bonds is 6. The SMILES string of the molecule is Cl.NC1CCC(C(=O)NCCCSc2ccc(F)cc2)C1. The van der Waals surface area contributed by atoms with Crippen LogP contribution in [0.5, 0.6) is 0 Å². The van der Waals surface area contributed by atoms with E-state index in [0.717, 1.165) is 36.3 Å². The lowest BCUT2D eigenvalue weighted by molar-refractivity contribution is -0.124. The number of halogens is 2. The van der Waals surface area contributed by atoms with Gasteiger partial charge in [0.15, 0.2) is 0 Å². The zero-order chi connectivity index (χ0) is 14.4. The predicted octanol–water partition coefficient (Wildman–Crippen LogP) is 2.97. The van der Waals surface area contributed by atoms with E-state index in [1.807, 2.05) is 0 Å². The van der Waals surface area contributed by atoms with Crippen LogP contribution < -0.4 is 11.1 Å². The third-order valence-electron chi connectivity index (χ3n) is 3.55. The molecule has 2 unspecified atom stereocenters. The van der Waals surface area contributed by atoms with Gasteiger partial charge in [-0.2, -0.15) is 0 Å². The largest absolute Gasteiger partial charge is 0.356 e. The summed E-state index contributed by atoms with van der Waals surface area (Å²) in [6, 6.07) is 6.68. The second kappa shape index (κ2) is 9.28. The first kappa shape index (κ1) is 18.3. The Labute approximate surface area is 135 Å². The Bertz CT molecular complexity index is 444. The van der Waals surface area contributed by atoms with E-state index >= 15 is 0 Å². The molecule has 1 aliphatic carbocycles. The van der Waals surface area contributed by atoms with E-state index in [1.165, 1.54) is 12.1 Å². The standard InChI is InChI=1S/C15H21FN2OS.ClH/c16-12-3-6-14(7-4-12)20-9-1-8-18-15(19)11-2-5-13(17)10-11;/h3-4,6-7,11,13H,1-2,5,8-10,17H2,(H,18,19);1H. The molecule has 118 valence electrons. The van der Waals surface area contributed by atoms with Gasteiger partial charge < -0.3 is 11.1 Å². The Balaban J connectivity index is 0.00000220. The third kappa shape index (κ3) is 6.24. The Morgan fingerprint density at radius 1 is 1.33 bits per heavy atom. The van der Waals surface area contributed by atoms with Crippen LogP contribution in [0.25, 0.3) is 0 Å². The fourth-order valence-corrected chi connectivity index (χ4v) is 3.26. The van der Waals surface area contributed by atoms with Crippen LogP contribution in [0.2, 0.25) is 0 Å². The predicted molar refractivity (Wildman–Crippen MR) is 87.3 cm³/mol. The summed E-state index contributed by atoms with van der Waals surface area (Å²) in [6.45, 7) is 0.693. The minimum atomic E-state index is -0.212. The molecule has 1 aromatic carbocycles. The van der Waals surface area contributed by atoms with Gasteiger partial charge in [-0.25, -0.2) is 4.39 Å². The molecular weight excluding hydrogens is 311 g/mol. The highest BCUT2D eigenvalue weighted by Crippen LogP contribution is 2.24. The van der Waals surface area contributed by atoms with Crippen molar-refractivity contribution in [2.24, 2.45) is 11.7 Å². The molecule has 21 heavy (non-hydrogen) atoms. The second-order valence-electron chi connectivity index (χ2n) is 5.22. The summed E-state index contributed by atoms with van der Waals surface area (Å²) in [7, 11) is 0. The summed E-state index contributed by atoms with van der Waals surface area (Å²) in [5, 5.41) is 2.97. The quantitative estimate of drug-likeness (QED) is 0.622. The van der Waals surface area contributed by atoms with E-state index in [2.05, 4.69) is 5.32 Å². The van der Waals surface area contributed by atoms with Crippen LogP contribution in [0.15, 0.2) is 29.2 Å². The van der Waals surface area contributed by atoms with Crippen LogP contribution in [0.4, 0.5) is 4.39 Å². The van der Waals surface area contributed by atoms with Gasteiger partial charge in [0, 0.05) is 23.4 Å².